The Hall–Kier alpha value is -3.30. The highest BCUT2D eigenvalue weighted by Gasteiger charge is 2.40. The largest absolute Gasteiger partial charge is 0.467 e. The Morgan fingerprint density at radius 2 is 1.55 bits per heavy atom. The van der Waals surface area contributed by atoms with Gasteiger partial charge in [0.1, 0.15) is 24.9 Å². The summed E-state index contributed by atoms with van der Waals surface area (Å²) in [7, 11) is 1.14. The molecule has 2 atom stereocenters. The topological polar surface area (TPSA) is 129 Å². The van der Waals surface area contributed by atoms with Crippen molar-refractivity contribution in [3.8, 4) is 0 Å². The molecule has 0 spiro atoms. The van der Waals surface area contributed by atoms with Crippen LogP contribution in [-0.2, 0) is 35.1 Å². The van der Waals surface area contributed by atoms with Gasteiger partial charge in [-0.1, -0.05) is 44.2 Å². The zero-order valence-corrected chi connectivity index (χ0v) is 20.2. The molecule has 33 heavy (non-hydrogen) atoms. The first-order chi connectivity index (χ1) is 15.3. The summed E-state index contributed by atoms with van der Waals surface area (Å²) in [6.45, 7) is 9.24. The van der Waals surface area contributed by atoms with Crippen molar-refractivity contribution < 1.29 is 38.1 Å². The lowest BCUT2D eigenvalue weighted by Gasteiger charge is -2.30. The van der Waals surface area contributed by atoms with Gasteiger partial charge in [0.05, 0.1) is 7.11 Å². The second kappa shape index (κ2) is 12.1. The van der Waals surface area contributed by atoms with Crippen LogP contribution >= 0.6 is 0 Å². The third-order valence-corrected chi connectivity index (χ3v) is 4.32. The number of hydrogen-bond acceptors (Lipinski definition) is 8. The minimum absolute atomic E-state index is 0.0345. The molecular formula is C23H34N2O8. The molecule has 0 fully saturated rings. The molecule has 184 valence electrons. The summed E-state index contributed by atoms with van der Waals surface area (Å²) in [6, 6.07) is 8.02. The number of carbonyl (C=O) groups is 4. The zero-order chi connectivity index (χ0) is 25.2. The number of alkyl carbamates (subject to hydrolysis) is 2. The van der Waals surface area contributed by atoms with Crippen molar-refractivity contribution in [1.82, 2.24) is 10.6 Å². The number of methoxy groups -OCH3 is 1. The van der Waals surface area contributed by atoms with E-state index in [0.717, 1.165) is 12.7 Å². The number of benzene rings is 1. The van der Waals surface area contributed by atoms with Gasteiger partial charge in [-0.05, 0) is 39.2 Å². The molecule has 0 unspecified atom stereocenters. The molecule has 0 aliphatic heterocycles. The molecule has 0 aliphatic carbocycles. The number of nitrogens with one attached hydrogen (secondary N) is 2. The average molecular weight is 467 g/mol. The number of hydrogen-bond donors (Lipinski definition) is 2. The maximum absolute atomic E-state index is 12.7. The second-order valence-electron chi connectivity index (χ2n) is 8.99. The Morgan fingerprint density at radius 1 is 0.939 bits per heavy atom. The van der Waals surface area contributed by atoms with Crippen LogP contribution in [0.1, 0.15) is 47.1 Å². The number of carbonyl (C=O) groups excluding carboxylic acids is 4. The van der Waals surface area contributed by atoms with Crippen LogP contribution in [0.2, 0.25) is 0 Å². The molecule has 1 aromatic rings. The molecule has 0 aliphatic rings. The summed E-state index contributed by atoms with van der Waals surface area (Å²) in [5, 5.41) is 4.85. The van der Waals surface area contributed by atoms with Crippen LogP contribution in [-0.4, -0.2) is 55.0 Å². The van der Waals surface area contributed by atoms with Crippen molar-refractivity contribution in [3.05, 3.63) is 35.9 Å². The SMILES string of the molecule is COC(=O)[C@](C)(COC(=O)[C@@H](NC(=O)OCc1ccccc1)C(C)C)NC(=O)OC(C)(C)C. The molecule has 1 rings (SSSR count). The third-order valence-electron chi connectivity index (χ3n) is 4.32. The van der Waals surface area contributed by atoms with E-state index in [4.69, 9.17) is 18.9 Å². The molecule has 0 heterocycles. The van der Waals surface area contributed by atoms with E-state index >= 15 is 0 Å². The van der Waals surface area contributed by atoms with Gasteiger partial charge in [0.15, 0.2) is 5.54 Å². The fourth-order valence-electron chi connectivity index (χ4n) is 2.59. The minimum Gasteiger partial charge on any atom is -0.467 e. The van der Waals surface area contributed by atoms with Gasteiger partial charge in [-0.25, -0.2) is 19.2 Å². The van der Waals surface area contributed by atoms with E-state index in [-0.39, 0.29) is 12.5 Å². The Kier molecular flexibility index (Phi) is 10.2. The zero-order valence-electron chi connectivity index (χ0n) is 20.2. The van der Waals surface area contributed by atoms with Gasteiger partial charge >= 0.3 is 24.1 Å². The monoisotopic (exact) mass is 466 g/mol. The van der Waals surface area contributed by atoms with E-state index in [1.165, 1.54) is 6.92 Å². The maximum Gasteiger partial charge on any atom is 0.408 e. The summed E-state index contributed by atoms with van der Waals surface area (Å²) >= 11 is 0. The Balaban J connectivity index is 2.77. The van der Waals surface area contributed by atoms with Gasteiger partial charge < -0.3 is 29.6 Å². The lowest BCUT2D eigenvalue weighted by molar-refractivity contribution is -0.157. The van der Waals surface area contributed by atoms with Gasteiger partial charge in [-0.15, -0.1) is 0 Å². The third kappa shape index (κ3) is 9.80. The molecule has 0 aromatic heterocycles. The van der Waals surface area contributed by atoms with E-state index in [9.17, 15) is 19.2 Å². The highest BCUT2D eigenvalue weighted by atomic mass is 16.6. The van der Waals surface area contributed by atoms with Gasteiger partial charge in [0.25, 0.3) is 0 Å². The summed E-state index contributed by atoms with van der Waals surface area (Å²) in [4.78, 5) is 49.3. The fraction of sp³-hybridized carbons (Fsp3) is 0.565. The first-order valence-corrected chi connectivity index (χ1v) is 10.5. The van der Waals surface area contributed by atoms with Crippen molar-refractivity contribution in [2.45, 2.75) is 65.3 Å². The predicted octanol–water partition coefficient (Wildman–Crippen LogP) is 2.94. The molecule has 0 saturated carbocycles. The van der Waals surface area contributed by atoms with Crippen molar-refractivity contribution in [3.63, 3.8) is 0 Å². The fourth-order valence-corrected chi connectivity index (χ4v) is 2.59. The average Bonchev–Trinajstić information content (AvgIpc) is 2.72. The quantitative estimate of drug-likeness (QED) is 0.420. The maximum atomic E-state index is 12.7. The van der Waals surface area contributed by atoms with Crippen LogP contribution in [0, 0.1) is 5.92 Å². The van der Waals surface area contributed by atoms with Crippen LogP contribution in [0.4, 0.5) is 9.59 Å². The Bertz CT molecular complexity index is 820. The van der Waals surface area contributed by atoms with Crippen molar-refractivity contribution in [1.29, 1.82) is 0 Å². The molecule has 10 nitrogen and oxygen atoms in total. The van der Waals surface area contributed by atoms with E-state index in [1.807, 2.05) is 18.2 Å². The normalized spacial score (nSPS) is 13.8. The van der Waals surface area contributed by atoms with Crippen LogP contribution in [0.5, 0.6) is 0 Å². The van der Waals surface area contributed by atoms with Crippen molar-refractivity contribution in [2.75, 3.05) is 13.7 Å². The summed E-state index contributed by atoms with van der Waals surface area (Å²) < 4.78 is 20.3. The van der Waals surface area contributed by atoms with E-state index in [1.54, 1.807) is 46.8 Å². The molecule has 0 saturated heterocycles. The number of esters is 2. The molecule has 2 N–H and O–H groups in total. The van der Waals surface area contributed by atoms with Gasteiger partial charge in [-0.2, -0.15) is 0 Å². The van der Waals surface area contributed by atoms with E-state index in [2.05, 4.69) is 10.6 Å². The van der Waals surface area contributed by atoms with Crippen molar-refractivity contribution >= 4 is 24.1 Å². The standard InChI is InChI=1S/C23H34N2O8/c1-15(2)17(24-20(28)31-13-16-11-9-8-10-12-16)18(26)32-14-23(6,19(27)30-7)25-21(29)33-22(3,4)5/h8-12,15,17H,13-14H2,1-7H3,(H,24,28)(H,25,29)/t17-,23-/m0/s1. The van der Waals surface area contributed by atoms with E-state index in [0.29, 0.717) is 0 Å². The lowest BCUT2D eigenvalue weighted by Crippen LogP contribution is -2.58. The molecule has 2 amide bonds. The van der Waals surface area contributed by atoms with Crippen LogP contribution in [0.25, 0.3) is 0 Å². The smallest absolute Gasteiger partial charge is 0.408 e. The number of amides is 2. The molecular weight excluding hydrogens is 432 g/mol. The lowest BCUT2D eigenvalue weighted by atomic mass is 10.0. The number of rotatable bonds is 9. The molecule has 0 radical (unpaired) electrons. The van der Waals surface area contributed by atoms with Gasteiger partial charge in [-0.3, -0.25) is 0 Å². The van der Waals surface area contributed by atoms with E-state index < -0.39 is 47.9 Å². The molecule has 0 bridgehead atoms. The minimum atomic E-state index is -1.71. The molecule has 10 heteroatoms. The molecule has 1 aromatic carbocycles. The van der Waals surface area contributed by atoms with Crippen LogP contribution < -0.4 is 10.6 Å². The summed E-state index contributed by atoms with van der Waals surface area (Å²) in [6.07, 6.45) is -1.67. The Morgan fingerprint density at radius 3 is 2.06 bits per heavy atom. The second-order valence-corrected chi connectivity index (χ2v) is 8.99. The highest BCUT2D eigenvalue weighted by molar-refractivity contribution is 5.86. The summed E-state index contributed by atoms with van der Waals surface area (Å²) in [5.41, 5.74) is -1.72. The van der Waals surface area contributed by atoms with Gasteiger partial charge in [0, 0.05) is 0 Å². The van der Waals surface area contributed by atoms with Crippen molar-refractivity contribution in [2.24, 2.45) is 5.92 Å². The first-order valence-electron chi connectivity index (χ1n) is 10.5. The number of ether oxygens (including phenoxy) is 4. The van der Waals surface area contributed by atoms with Crippen LogP contribution in [0.15, 0.2) is 30.3 Å². The van der Waals surface area contributed by atoms with Gasteiger partial charge in [0.2, 0.25) is 0 Å². The summed E-state index contributed by atoms with van der Waals surface area (Å²) in [5.74, 6) is -1.98. The predicted molar refractivity (Wildman–Crippen MR) is 119 cm³/mol. The van der Waals surface area contributed by atoms with Crippen LogP contribution in [0.3, 0.4) is 0 Å². The Labute approximate surface area is 194 Å². The first kappa shape index (κ1) is 27.7. The highest BCUT2D eigenvalue weighted by Crippen LogP contribution is 2.14.